The van der Waals surface area contributed by atoms with E-state index in [9.17, 15) is 27.1 Å². The van der Waals surface area contributed by atoms with Crippen LogP contribution in [0.5, 0.6) is 23.0 Å². The lowest BCUT2D eigenvalue weighted by Gasteiger charge is -2.24. The van der Waals surface area contributed by atoms with Gasteiger partial charge in [-0.25, -0.2) is 0 Å². The molecule has 2 aromatic carbocycles. The van der Waals surface area contributed by atoms with Crippen molar-refractivity contribution in [3.05, 3.63) is 58.7 Å². The molecule has 15 nitrogen and oxygen atoms in total. The summed E-state index contributed by atoms with van der Waals surface area (Å²) in [5.41, 5.74) is 3.96. The van der Waals surface area contributed by atoms with Gasteiger partial charge < -0.3 is 48.7 Å². The summed E-state index contributed by atoms with van der Waals surface area (Å²) in [7, 11) is -2.51. The Bertz CT molecular complexity index is 2020. The minimum Gasteiger partial charge on any atom is -0.493 e. The number of carbonyl (C=O) groups is 2. The molecule has 2 amide bonds. The van der Waals surface area contributed by atoms with E-state index in [1.54, 1.807) is 25.2 Å². The fraction of sp³-hybridized carbons (Fsp3) is 0.561. The summed E-state index contributed by atoms with van der Waals surface area (Å²) in [5, 5.41) is 6.11. The minimum atomic E-state index is -4.41. The maximum Gasteiger partial charge on any atom is 0.283 e. The molecule has 320 valence electrons. The van der Waals surface area contributed by atoms with Crippen LogP contribution in [0.1, 0.15) is 73.6 Å². The highest BCUT2D eigenvalue weighted by atomic mass is 32.2. The molecule has 0 spiro atoms. The van der Waals surface area contributed by atoms with Crippen LogP contribution in [0.15, 0.2) is 47.6 Å². The standard InChI is InChI=1S/C41H59N4O11PS/c1-7-29-18-28(3)44(25-29)40(46)33-21-37(54-6)39(23-35(33)43-27-58(49,50)51)56-14-11-17-57(48,15-9-12-52-4)16-10-13-55-38-22-34-32(20-36(38)53-5)41(47)45-26-30(8-2)19-31(45)24-42-34/h7-8,20-23,28,31,42-43H,9-19,24-27H2,1-6H3,(H,49,50,51). The van der Waals surface area contributed by atoms with Crippen LogP contribution in [0, 0.1) is 0 Å². The summed E-state index contributed by atoms with van der Waals surface area (Å²) in [5.74, 6) is 0.329. The van der Waals surface area contributed by atoms with Crippen LogP contribution in [-0.2, 0) is 19.4 Å². The zero-order chi connectivity index (χ0) is 42.0. The van der Waals surface area contributed by atoms with E-state index in [0.717, 1.165) is 18.4 Å². The van der Waals surface area contributed by atoms with Crippen LogP contribution in [0.25, 0.3) is 0 Å². The largest absolute Gasteiger partial charge is 0.493 e. The number of fused-ring (bicyclic) bond motifs is 2. The Labute approximate surface area is 342 Å². The van der Waals surface area contributed by atoms with E-state index in [1.165, 1.54) is 24.8 Å². The predicted octanol–water partition coefficient (Wildman–Crippen LogP) is 6.37. The maximum absolute atomic E-state index is 14.3. The molecule has 0 radical (unpaired) electrons. The minimum absolute atomic E-state index is 0.0389. The number of rotatable bonds is 20. The summed E-state index contributed by atoms with van der Waals surface area (Å²) < 4.78 is 75.9. The number of anilines is 2. The molecule has 3 unspecified atom stereocenters. The first kappa shape index (κ1) is 44.9. The molecule has 0 aromatic heterocycles. The van der Waals surface area contributed by atoms with Gasteiger partial charge in [-0.3, -0.25) is 14.1 Å². The van der Waals surface area contributed by atoms with Crippen LogP contribution in [0.2, 0.25) is 0 Å². The molecule has 3 N–H and O–H groups in total. The highest BCUT2D eigenvalue weighted by molar-refractivity contribution is 7.85. The summed E-state index contributed by atoms with van der Waals surface area (Å²) in [6.45, 7) is 8.54. The number of nitrogens with zero attached hydrogens (tertiary/aromatic N) is 2. The zero-order valence-electron chi connectivity index (χ0n) is 34.5. The van der Waals surface area contributed by atoms with Gasteiger partial charge in [0.1, 0.15) is 5.88 Å². The Kier molecular flexibility index (Phi) is 15.6. The summed E-state index contributed by atoms with van der Waals surface area (Å²) in [6.07, 6.45) is 8.61. The molecule has 0 saturated carbocycles. The normalized spacial score (nSPS) is 20.3. The average molecular weight is 847 g/mol. The van der Waals surface area contributed by atoms with Crippen molar-refractivity contribution < 1.29 is 50.8 Å². The maximum atomic E-state index is 14.3. The number of allylic oxidation sites excluding steroid dienone is 2. The summed E-state index contributed by atoms with van der Waals surface area (Å²) in [6, 6.07) is 6.57. The van der Waals surface area contributed by atoms with Gasteiger partial charge in [-0.15, -0.1) is 0 Å². The zero-order valence-corrected chi connectivity index (χ0v) is 36.2. The highest BCUT2D eigenvalue weighted by Crippen LogP contribution is 2.48. The molecule has 3 aliphatic rings. The molecule has 5 rings (SSSR count). The molecule has 2 saturated heterocycles. The van der Waals surface area contributed by atoms with E-state index in [-0.39, 0.29) is 53.3 Å². The number of nitrogens with one attached hydrogen (secondary N) is 2. The van der Waals surface area contributed by atoms with Crippen molar-refractivity contribution in [1.82, 2.24) is 9.80 Å². The number of amides is 2. The van der Waals surface area contributed by atoms with Gasteiger partial charge in [0, 0.05) is 70.0 Å². The van der Waals surface area contributed by atoms with E-state index in [1.807, 2.05) is 37.8 Å². The van der Waals surface area contributed by atoms with Gasteiger partial charge >= 0.3 is 0 Å². The molecule has 3 heterocycles. The SMILES string of the molecule is CC=C1CC(C)N(C(=O)c2cc(OC)c(OCCCP(=O)(CCCOC)CCCOc3cc4c(cc3OC)C(=O)N3CC(=CC)CC3CN4)cc2NCS(=O)(=O)O)C1. The van der Waals surface area contributed by atoms with Crippen LogP contribution >= 0.6 is 7.14 Å². The van der Waals surface area contributed by atoms with Gasteiger partial charge in [0.25, 0.3) is 21.9 Å². The monoisotopic (exact) mass is 846 g/mol. The number of hydrogen-bond donors (Lipinski definition) is 3. The smallest absolute Gasteiger partial charge is 0.283 e. The summed E-state index contributed by atoms with van der Waals surface area (Å²) >= 11 is 0. The molecular weight excluding hydrogens is 788 g/mol. The molecule has 58 heavy (non-hydrogen) atoms. The number of hydrogen-bond acceptors (Lipinski definition) is 12. The van der Waals surface area contributed by atoms with Crippen LogP contribution in [-0.4, -0.2) is 132 Å². The second kappa shape index (κ2) is 20.1. The topological polar surface area (TPSA) is 182 Å². The molecule has 0 bridgehead atoms. The van der Waals surface area contributed by atoms with Crippen molar-refractivity contribution in [1.29, 1.82) is 0 Å². The lowest BCUT2D eigenvalue weighted by molar-refractivity contribution is 0.0743. The molecular formula is C41H59N4O11PS. The van der Waals surface area contributed by atoms with Crippen molar-refractivity contribution >= 4 is 40.4 Å². The summed E-state index contributed by atoms with van der Waals surface area (Å²) in [4.78, 5) is 30.9. The van der Waals surface area contributed by atoms with Crippen molar-refractivity contribution in [2.75, 3.05) is 95.8 Å². The fourth-order valence-electron chi connectivity index (χ4n) is 7.78. The third kappa shape index (κ3) is 11.3. The van der Waals surface area contributed by atoms with Gasteiger partial charge in [-0.1, -0.05) is 23.3 Å². The Morgan fingerprint density at radius 2 is 1.50 bits per heavy atom. The number of methoxy groups -OCH3 is 3. The Hall–Kier alpha value is -4.24. The van der Waals surface area contributed by atoms with E-state index >= 15 is 0 Å². The van der Waals surface area contributed by atoms with E-state index < -0.39 is 23.1 Å². The third-order valence-electron chi connectivity index (χ3n) is 11.0. The van der Waals surface area contributed by atoms with Gasteiger partial charge in [-0.05, 0) is 65.0 Å². The first-order valence-electron chi connectivity index (χ1n) is 19.8. The van der Waals surface area contributed by atoms with Gasteiger partial charge in [0.2, 0.25) is 0 Å². The van der Waals surface area contributed by atoms with E-state index in [2.05, 4.69) is 16.7 Å². The highest BCUT2D eigenvalue weighted by Gasteiger charge is 2.36. The first-order chi connectivity index (χ1) is 27.7. The Morgan fingerprint density at radius 1 is 0.897 bits per heavy atom. The van der Waals surface area contributed by atoms with Gasteiger partial charge in [0.05, 0.1) is 63.1 Å². The molecule has 0 aliphatic carbocycles. The lowest BCUT2D eigenvalue weighted by Crippen LogP contribution is -2.36. The molecule has 3 atom stereocenters. The fourth-order valence-corrected chi connectivity index (χ4v) is 10.9. The third-order valence-corrected chi connectivity index (χ3v) is 14.9. The van der Waals surface area contributed by atoms with E-state index in [4.69, 9.17) is 23.7 Å². The molecule has 17 heteroatoms. The Morgan fingerprint density at radius 3 is 2.09 bits per heavy atom. The van der Waals surface area contributed by atoms with Crippen molar-refractivity contribution in [2.24, 2.45) is 0 Å². The number of carbonyl (C=O) groups excluding carboxylic acids is 2. The number of benzene rings is 2. The first-order valence-corrected chi connectivity index (χ1v) is 23.7. The quantitative estimate of drug-likeness (QED) is 0.0580. The van der Waals surface area contributed by atoms with Gasteiger partial charge in [0.15, 0.2) is 23.0 Å². The Balaban J connectivity index is 1.22. The second-order valence-electron chi connectivity index (χ2n) is 15.0. The van der Waals surface area contributed by atoms with Crippen molar-refractivity contribution in [2.45, 2.75) is 65.0 Å². The average Bonchev–Trinajstić information content (AvgIpc) is 3.78. The molecule has 2 fully saturated rings. The number of ether oxygens (including phenoxy) is 5. The molecule has 2 aromatic rings. The molecule has 3 aliphatic heterocycles. The van der Waals surface area contributed by atoms with Crippen molar-refractivity contribution in [3.63, 3.8) is 0 Å². The van der Waals surface area contributed by atoms with Crippen LogP contribution in [0.4, 0.5) is 11.4 Å². The van der Waals surface area contributed by atoms with Crippen molar-refractivity contribution in [3.8, 4) is 23.0 Å². The van der Waals surface area contributed by atoms with Crippen LogP contribution in [0.3, 0.4) is 0 Å². The second-order valence-corrected chi connectivity index (χ2v) is 19.9. The van der Waals surface area contributed by atoms with Crippen LogP contribution < -0.4 is 29.6 Å². The van der Waals surface area contributed by atoms with E-state index in [0.29, 0.717) is 93.3 Å². The lowest BCUT2D eigenvalue weighted by atomic mass is 10.1. The van der Waals surface area contributed by atoms with Gasteiger partial charge in [-0.2, -0.15) is 8.42 Å². The predicted molar refractivity (Wildman–Crippen MR) is 226 cm³/mol. The number of likely N-dealkylation sites (tertiary alicyclic amines) is 1.